The number of rotatable bonds is 16. The van der Waals surface area contributed by atoms with Crippen LogP contribution in [0.4, 0.5) is 0 Å². The van der Waals surface area contributed by atoms with Gasteiger partial charge in [-0.3, -0.25) is 19.2 Å². The third-order valence-electron chi connectivity index (χ3n) is 8.82. The van der Waals surface area contributed by atoms with Gasteiger partial charge in [-0.2, -0.15) is 0 Å². The third kappa shape index (κ3) is 11.2. The highest BCUT2D eigenvalue weighted by molar-refractivity contribution is 7.13. The molecule has 1 saturated heterocycles. The molecule has 0 radical (unpaired) electrons. The molecule has 0 aliphatic carbocycles. The number of β-amino-alcohol motifs (C(OH)–C–C–N with tert-alkyl or cyclic N) is 1. The third-order valence-corrected chi connectivity index (χ3v) is 10.2. The molecule has 14 heteroatoms. The zero-order chi connectivity index (χ0) is 37.3. The van der Waals surface area contributed by atoms with E-state index in [1.807, 2.05) is 63.5 Å². The van der Waals surface area contributed by atoms with Gasteiger partial charge in [-0.25, -0.2) is 4.98 Å². The van der Waals surface area contributed by atoms with Crippen molar-refractivity contribution in [2.45, 2.75) is 97.0 Å². The second-order valence-corrected chi connectivity index (χ2v) is 15.3. The number of carbonyl (C=O) groups excluding carboxylic acids is 4. The number of nitrogens with two attached hydrogens (primary N) is 2. The van der Waals surface area contributed by atoms with E-state index in [0.717, 1.165) is 27.3 Å². The summed E-state index contributed by atoms with van der Waals surface area (Å²) in [5, 5.41) is 16.8. The number of aliphatic hydroxyl groups is 1. The number of carbonyl (C=O) groups is 4. The van der Waals surface area contributed by atoms with Gasteiger partial charge in [0.25, 0.3) is 0 Å². The minimum Gasteiger partial charge on any atom is -0.490 e. The van der Waals surface area contributed by atoms with Gasteiger partial charge in [0, 0.05) is 38.4 Å². The average Bonchev–Trinajstić information content (AvgIpc) is 3.70. The summed E-state index contributed by atoms with van der Waals surface area (Å²) in [4.78, 5) is 58.3. The molecule has 2 heterocycles. The highest BCUT2D eigenvalue weighted by atomic mass is 35.5. The number of primary amides is 1. The van der Waals surface area contributed by atoms with E-state index in [0.29, 0.717) is 30.0 Å². The van der Waals surface area contributed by atoms with E-state index in [1.165, 1.54) is 4.90 Å². The number of halogens is 1. The molecule has 0 bridgehead atoms. The molecule has 0 spiro atoms. The highest BCUT2D eigenvalue weighted by Crippen LogP contribution is 2.31. The molecule has 1 unspecified atom stereocenters. The van der Waals surface area contributed by atoms with Crippen LogP contribution in [0.3, 0.4) is 0 Å². The van der Waals surface area contributed by atoms with Crippen molar-refractivity contribution in [2.24, 2.45) is 16.9 Å². The molecule has 51 heavy (non-hydrogen) atoms. The summed E-state index contributed by atoms with van der Waals surface area (Å²) in [6.07, 6.45) is 0.884. The number of likely N-dealkylation sites (tertiary alicyclic amines) is 1. The lowest BCUT2D eigenvalue weighted by atomic mass is 9.85. The second kappa shape index (κ2) is 17.9. The van der Waals surface area contributed by atoms with E-state index >= 15 is 0 Å². The molecular weight excluding hydrogens is 692 g/mol. The van der Waals surface area contributed by atoms with Crippen LogP contribution in [0, 0.1) is 12.3 Å². The molecule has 4 atom stereocenters. The predicted molar refractivity (Wildman–Crippen MR) is 198 cm³/mol. The van der Waals surface area contributed by atoms with Gasteiger partial charge in [0.15, 0.2) is 0 Å². The minimum absolute atomic E-state index is 0.00474. The van der Waals surface area contributed by atoms with Gasteiger partial charge >= 0.3 is 0 Å². The van der Waals surface area contributed by atoms with Crippen LogP contribution in [-0.4, -0.2) is 76.0 Å². The van der Waals surface area contributed by atoms with E-state index in [-0.39, 0.29) is 56.8 Å². The summed E-state index contributed by atoms with van der Waals surface area (Å²) in [6.45, 7) is 7.93. The first kappa shape index (κ1) is 39.7. The molecule has 7 N–H and O–H groups in total. The lowest BCUT2D eigenvalue weighted by Crippen LogP contribution is -2.57. The largest absolute Gasteiger partial charge is 0.490 e. The summed E-state index contributed by atoms with van der Waals surface area (Å²) in [7, 11) is 0. The van der Waals surface area contributed by atoms with Gasteiger partial charge in [-0.05, 0) is 54.4 Å². The summed E-state index contributed by atoms with van der Waals surface area (Å²) in [6, 6.07) is 11.1. The van der Waals surface area contributed by atoms with Crippen LogP contribution in [0.2, 0.25) is 5.02 Å². The molecular formula is C37H49ClN6O6S. The Kier molecular flexibility index (Phi) is 14.0. The lowest BCUT2D eigenvalue weighted by Gasteiger charge is -2.35. The molecule has 12 nitrogen and oxygen atoms in total. The quantitative estimate of drug-likeness (QED) is 0.146. The van der Waals surface area contributed by atoms with Crippen LogP contribution >= 0.6 is 22.9 Å². The average molecular weight is 741 g/mol. The van der Waals surface area contributed by atoms with Crippen molar-refractivity contribution >= 4 is 46.6 Å². The Hall–Kier alpha value is -4.04. The van der Waals surface area contributed by atoms with Crippen molar-refractivity contribution in [3.63, 3.8) is 0 Å². The standard InChI is InChI=1S/C37H49ClN6O6S/c1-22-33(51-21-42-22)25-13-11-23(12-14-25)18-41-35(48)28-17-27(45)19-44(28)36(49)34(37(2,3)4)43-31(47)10-6-8-24-7-5-9-29(32(24)38)50-20-26(39)15-16-30(40)46/h5,7,9,11-14,21,26-28,34,45H,6,8,10,15-20,39H2,1-4H3,(H2,40,46)(H,41,48)(H,43,47)/t26-,27?,28-,34+/m0/s1. The van der Waals surface area contributed by atoms with Crippen molar-refractivity contribution in [2.75, 3.05) is 13.2 Å². The SMILES string of the molecule is Cc1ncsc1-c1ccc(CNC(=O)[C@@H]2CC(O)CN2C(=O)[C@@H](NC(=O)CCCc2cccc(OC[C@@H](N)CCC(N)=O)c2Cl)C(C)(C)C)cc1. The normalized spacial score (nSPS) is 17.1. The van der Waals surface area contributed by atoms with Crippen LogP contribution in [0.25, 0.3) is 10.4 Å². The number of nitrogens with zero attached hydrogens (tertiary/aromatic N) is 2. The maximum atomic E-state index is 14.0. The summed E-state index contributed by atoms with van der Waals surface area (Å²) in [5.41, 5.74) is 16.0. The van der Waals surface area contributed by atoms with Gasteiger partial charge in [0.1, 0.15) is 24.4 Å². The zero-order valence-corrected chi connectivity index (χ0v) is 31.2. The van der Waals surface area contributed by atoms with E-state index in [4.69, 9.17) is 27.8 Å². The predicted octanol–water partition coefficient (Wildman–Crippen LogP) is 3.88. The van der Waals surface area contributed by atoms with E-state index in [2.05, 4.69) is 15.6 Å². The molecule has 4 amide bonds. The van der Waals surface area contributed by atoms with Crippen LogP contribution in [0.15, 0.2) is 48.0 Å². The van der Waals surface area contributed by atoms with Gasteiger partial charge in [-0.15, -0.1) is 11.3 Å². The number of aromatic nitrogens is 1. The molecule has 0 saturated carbocycles. The van der Waals surface area contributed by atoms with Crippen LogP contribution < -0.4 is 26.8 Å². The van der Waals surface area contributed by atoms with Gasteiger partial charge in [0.05, 0.1) is 27.2 Å². The Morgan fingerprint density at radius 2 is 1.86 bits per heavy atom. The van der Waals surface area contributed by atoms with Crippen LogP contribution in [0.1, 0.15) is 69.7 Å². The number of ether oxygens (including phenoxy) is 1. The van der Waals surface area contributed by atoms with Crippen molar-refractivity contribution in [1.82, 2.24) is 20.5 Å². The summed E-state index contributed by atoms with van der Waals surface area (Å²) in [5.74, 6) is -1.07. The lowest BCUT2D eigenvalue weighted by molar-refractivity contribution is -0.144. The maximum absolute atomic E-state index is 14.0. The topological polar surface area (TPSA) is 190 Å². The van der Waals surface area contributed by atoms with Gasteiger partial charge in [-0.1, -0.05) is 68.8 Å². The smallest absolute Gasteiger partial charge is 0.246 e. The van der Waals surface area contributed by atoms with Crippen molar-refractivity contribution in [3.8, 4) is 16.2 Å². The molecule has 1 fully saturated rings. The fourth-order valence-electron chi connectivity index (χ4n) is 5.92. The van der Waals surface area contributed by atoms with Gasteiger partial charge in [0.2, 0.25) is 23.6 Å². The number of aryl methyl sites for hydroxylation is 2. The van der Waals surface area contributed by atoms with Crippen LogP contribution in [0.5, 0.6) is 5.75 Å². The fourth-order valence-corrected chi connectivity index (χ4v) is 7.01. The van der Waals surface area contributed by atoms with Crippen LogP contribution in [-0.2, 0) is 32.1 Å². The molecule has 1 aliphatic rings. The maximum Gasteiger partial charge on any atom is 0.246 e. The number of hydrogen-bond donors (Lipinski definition) is 5. The number of thiazole rings is 1. The molecule has 3 aromatic rings. The van der Waals surface area contributed by atoms with Crippen molar-refractivity contribution < 1.29 is 29.0 Å². The summed E-state index contributed by atoms with van der Waals surface area (Å²) < 4.78 is 5.78. The first-order valence-corrected chi connectivity index (χ1v) is 18.4. The van der Waals surface area contributed by atoms with E-state index in [1.54, 1.807) is 23.5 Å². The fraction of sp³-hybridized carbons (Fsp3) is 0.486. The summed E-state index contributed by atoms with van der Waals surface area (Å²) >= 11 is 8.16. The Morgan fingerprint density at radius 1 is 1.14 bits per heavy atom. The van der Waals surface area contributed by atoms with Crippen molar-refractivity contribution in [1.29, 1.82) is 0 Å². The number of hydrogen-bond acceptors (Lipinski definition) is 9. The van der Waals surface area contributed by atoms with Crippen molar-refractivity contribution in [3.05, 3.63) is 69.8 Å². The van der Waals surface area contributed by atoms with E-state index < -0.39 is 35.4 Å². The van der Waals surface area contributed by atoms with Gasteiger partial charge < -0.3 is 36.8 Å². The molecule has 276 valence electrons. The Balaban J connectivity index is 1.31. The Bertz CT molecular complexity index is 1680. The Morgan fingerprint density at radius 3 is 2.51 bits per heavy atom. The minimum atomic E-state index is -0.924. The molecule has 1 aliphatic heterocycles. The number of nitrogens with one attached hydrogen (secondary N) is 2. The number of benzene rings is 2. The number of aliphatic hydroxyl groups excluding tert-OH is 1. The Labute approximate surface area is 308 Å². The molecule has 4 rings (SSSR count). The monoisotopic (exact) mass is 740 g/mol. The molecule has 1 aromatic heterocycles. The zero-order valence-electron chi connectivity index (χ0n) is 29.6. The van der Waals surface area contributed by atoms with E-state index in [9.17, 15) is 24.3 Å². The number of amides is 4. The first-order valence-electron chi connectivity index (χ1n) is 17.1. The highest BCUT2D eigenvalue weighted by Gasteiger charge is 2.44. The first-order chi connectivity index (χ1) is 24.1. The molecule has 2 aromatic carbocycles. The second-order valence-electron chi connectivity index (χ2n) is 14.1.